The van der Waals surface area contributed by atoms with Crippen LogP contribution in [0.4, 0.5) is 5.82 Å². The third-order valence-corrected chi connectivity index (χ3v) is 7.35. The minimum absolute atomic E-state index is 0.0283. The van der Waals surface area contributed by atoms with Crippen molar-refractivity contribution in [1.29, 1.82) is 0 Å². The third kappa shape index (κ3) is 3.30. The maximum atomic E-state index is 12.5. The molecule has 6 nitrogen and oxygen atoms in total. The molecule has 1 N–H and O–H groups in total. The van der Waals surface area contributed by atoms with Crippen molar-refractivity contribution in [1.82, 2.24) is 15.2 Å². The highest BCUT2D eigenvalue weighted by molar-refractivity contribution is 5.78. The number of anilines is 1. The van der Waals surface area contributed by atoms with Crippen molar-refractivity contribution in [2.75, 3.05) is 44.2 Å². The van der Waals surface area contributed by atoms with Crippen LogP contribution >= 0.6 is 0 Å². The van der Waals surface area contributed by atoms with Gasteiger partial charge in [-0.3, -0.25) is 9.69 Å². The monoisotopic (exact) mass is 384 g/mol. The van der Waals surface area contributed by atoms with E-state index in [4.69, 9.17) is 4.74 Å². The van der Waals surface area contributed by atoms with E-state index >= 15 is 0 Å². The zero-order valence-corrected chi connectivity index (χ0v) is 16.9. The number of fused-ring (bicyclic) bond motifs is 1. The van der Waals surface area contributed by atoms with E-state index in [1.807, 2.05) is 6.20 Å². The van der Waals surface area contributed by atoms with Gasteiger partial charge < -0.3 is 15.0 Å². The molecule has 28 heavy (non-hydrogen) atoms. The molecule has 2 bridgehead atoms. The van der Waals surface area contributed by atoms with E-state index in [0.29, 0.717) is 24.5 Å². The maximum absolute atomic E-state index is 12.5. The lowest BCUT2D eigenvalue weighted by molar-refractivity contribution is -0.122. The fourth-order valence-electron chi connectivity index (χ4n) is 5.89. The molecule has 1 aromatic heterocycles. The fourth-order valence-corrected chi connectivity index (χ4v) is 5.89. The molecule has 4 saturated heterocycles. The van der Waals surface area contributed by atoms with Gasteiger partial charge in [0.15, 0.2) is 0 Å². The minimum atomic E-state index is -0.0283. The van der Waals surface area contributed by atoms with Crippen molar-refractivity contribution in [2.24, 2.45) is 11.8 Å². The molecule has 4 aliphatic rings. The van der Waals surface area contributed by atoms with Gasteiger partial charge in [-0.2, -0.15) is 0 Å². The molecular formula is C22H32N4O2. The van der Waals surface area contributed by atoms with Crippen LogP contribution in [0.3, 0.4) is 0 Å². The van der Waals surface area contributed by atoms with Crippen molar-refractivity contribution < 1.29 is 9.53 Å². The largest absolute Gasteiger partial charge is 0.369 e. The summed E-state index contributed by atoms with van der Waals surface area (Å²) >= 11 is 0. The highest BCUT2D eigenvalue weighted by Crippen LogP contribution is 2.55. The van der Waals surface area contributed by atoms with Gasteiger partial charge in [0.1, 0.15) is 5.82 Å². The summed E-state index contributed by atoms with van der Waals surface area (Å²) in [6, 6.07) is 4.25. The second kappa shape index (κ2) is 7.30. The molecule has 1 amide bonds. The first-order chi connectivity index (χ1) is 13.6. The van der Waals surface area contributed by atoms with Crippen LogP contribution in [0, 0.1) is 18.8 Å². The first-order valence-corrected chi connectivity index (χ1v) is 11.0. The van der Waals surface area contributed by atoms with Gasteiger partial charge in [-0.25, -0.2) is 4.98 Å². The van der Waals surface area contributed by atoms with Crippen LogP contribution in [0.2, 0.25) is 0 Å². The zero-order chi connectivity index (χ0) is 19.1. The van der Waals surface area contributed by atoms with Gasteiger partial charge in [0.05, 0.1) is 18.2 Å². The average molecular weight is 385 g/mol. The first-order valence-electron chi connectivity index (χ1n) is 11.0. The lowest BCUT2D eigenvalue weighted by Crippen LogP contribution is -2.45. The summed E-state index contributed by atoms with van der Waals surface area (Å²) in [6.07, 6.45) is 8.26. The van der Waals surface area contributed by atoms with Crippen molar-refractivity contribution in [3.63, 3.8) is 0 Å². The zero-order valence-electron chi connectivity index (χ0n) is 16.9. The summed E-state index contributed by atoms with van der Waals surface area (Å²) in [4.78, 5) is 21.8. The van der Waals surface area contributed by atoms with Gasteiger partial charge >= 0.3 is 0 Å². The lowest BCUT2D eigenvalue weighted by atomic mass is 9.73. The molecule has 4 atom stereocenters. The Morgan fingerprint density at radius 2 is 2.18 bits per heavy atom. The van der Waals surface area contributed by atoms with E-state index in [9.17, 15) is 4.79 Å². The summed E-state index contributed by atoms with van der Waals surface area (Å²) in [7, 11) is 0. The molecular weight excluding hydrogens is 352 g/mol. The second-order valence-corrected chi connectivity index (χ2v) is 9.25. The Hall–Kier alpha value is -1.66. The molecule has 0 saturated carbocycles. The minimum Gasteiger partial charge on any atom is -0.369 e. The number of ether oxygens (including phenoxy) is 1. The van der Waals surface area contributed by atoms with Crippen LogP contribution in [-0.4, -0.2) is 66.8 Å². The van der Waals surface area contributed by atoms with Gasteiger partial charge in [0.2, 0.25) is 5.91 Å². The number of pyridine rings is 1. The van der Waals surface area contributed by atoms with E-state index in [1.165, 1.54) is 24.8 Å². The fraction of sp³-hybridized carbons (Fsp3) is 0.727. The molecule has 0 aromatic carbocycles. The Morgan fingerprint density at radius 3 is 2.96 bits per heavy atom. The quantitative estimate of drug-likeness (QED) is 0.841. The van der Waals surface area contributed by atoms with E-state index in [0.717, 1.165) is 51.4 Å². The topological polar surface area (TPSA) is 57.7 Å². The number of hydrogen-bond acceptors (Lipinski definition) is 5. The number of likely N-dealkylation sites (tertiary alicyclic amines) is 1. The SMILES string of the molecule is Cc1ccc(N2C[C@@H]3[C@H](CNC(=O)CN4CCCCC4)[C@H]4CC[C@]3(C2)O4)nc1. The number of piperidine rings is 1. The Bertz CT molecular complexity index is 718. The standard InChI is InChI=1S/C22H32N4O2/c1-16-5-6-20(23-11-16)26-13-18-17(19-7-8-22(18,15-26)28-19)12-24-21(27)14-25-9-3-2-4-10-25/h5-6,11,17-19H,2-4,7-10,12-15H2,1H3,(H,24,27)/t17-,18+,19+,22+/m0/s1. The number of aromatic nitrogens is 1. The van der Waals surface area contributed by atoms with E-state index in [-0.39, 0.29) is 11.5 Å². The Labute approximate surface area is 167 Å². The Morgan fingerprint density at radius 1 is 1.32 bits per heavy atom. The van der Waals surface area contributed by atoms with Crippen molar-refractivity contribution in [2.45, 2.75) is 50.7 Å². The summed E-state index contributed by atoms with van der Waals surface area (Å²) in [5.41, 5.74) is 1.16. The van der Waals surface area contributed by atoms with Crippen LogP contribution in [-0.2, 0) is 9.53 Å². The van der Waals surface area contributed by atoms with Crippen LogP contribution < -0.4 is 10.2 Å². The highest BCUT2D eigenvalue weighted by Gasteiger charge is 2.63. The van der Waals surface area contributed by atoms with Crippen LogP contribution in [0.1, 0.15) is 37.7 Å². The summed E-state index contributed by atoms with van der Waals surface area (Å²) in [5.74, 6) is 2.14. The molecule has 1 spiro atoms. The van der Waals surface area contributed by atoms with Crippen molar-refractivity contribution in [3.05, 3.63) is 23.9 Å². The van der Waals surface area contributed by atoms with E-state index < -0.39 is 0 Å². The number of rotatable bonds is 5. The predicted octanol–water partition coefficient (Wildman–Crippen LogP) is 1.98. The molecule has 4 fully saturated rings. The van der Waals surface area contributed by atoms with E-state index in [1.54, 1.807) is 0 Å². The van der Waals surface area contributed by atoms with Gasteiger partial charge in [0.25, 0.3) is 0 Å². The van der Waals surface area contributed by atoms with Gasteiger partial charge in [-0.1, -0.05) is 12.5 Å². The number of hydrogen-bond donors (Lipinski definition) is 1. The normalized spacial score (nSPS) is 34.6. The van der Waals surface area contributed by atoms with Crippen molar-refractivity contribution in [3.8, 4) is 0 Å². The Balaban J connectivity index is 1.20. The smallest absolute Gasteiger partial charge is 0.234 e. The van der Waals surface area contributed by atoms with Crippen LogP contribution in [0.25, 0.3) is 0 Å². The maximum Gasteiger partial charge on any atom is 0.234 e. The van der Waals surface area contributed by atoms with Crippen LogP contribution in [0.15, 0.2) is 18.3 Å². The number of nitrogens with zero attached hydrogens (tertiary/aromatic N) is 3. The molecule has 4 aliphatic heterocycles. The van der Waals surface area contributed by atoms with Gasteiger partial charge in [-0.15, -0.1) is 0 Å². The van der Waals surface area contributed by atoms with Gasteiger partial charge in [-0.05, 0) is 57.3 Å². The highest BCUT2D eigenvalue weighted by atomic mass is 16.5. The summed E-state index contributed by atoms with van der Waals surface area (Å²) in [6.45, 7) is 7.41. The number of aryl methyl sites for hydroxylation is 1. The van der Waals surface area contributed by atoms with E-state index in [2.05, 4.69) is 39.2 Å². The average Bonchev–Trinajstić information content (AvgIpc) is 3.36. The Kier molecular flexibility index (Phi) is 4.79. The second-order valence-electron chi connectivity index (χ2n) is 9.25. The van der Waals surface area contributed by atoms with Crippen molar-refractivity contribution >= 4 is 11.7 Å². The molecule has 1 aromatic rings. The molecule has 5 rings (SSSR count). The molecule has 5 heterocycles. The number of carbonyl (C=O) groups is 1. The molecule has 0 aliphatic carbocycles. The number of nitrogens with one attached hydrogen (secondary N) is 1. The van der Waals surface area contributed by atoms with Crippen LogP contribution in [0.5, 0.6) is 0 Å². The molecule has 152 valence electrons. The van der Waals surface area contributed by atoms with Gasteiger partial charge in [0, 0.05) is 37.7 Å². The lowest BCUT2D eigenvalue weighted by Gasteiger charge is -2.30. The summed E-state index contributed by atoms with van der Waals surface area (Å²) < 4.78 is 6.52. The predicted molar refractivity (Wildman–Crippen MR) is 108 cm³/mol. The number of amides is 1. The third-order valence-electron chi connectivity index (χ3n) is 7.35. The molecule has 6 heteroatoms. The number of carbonyl (C=O) groups excluding carboxylic acids is 1. The summed E-state index contributed by atoms with van der Waals surface area (Å²) in [5, 5.41) is 3.23. The molecule has 0 unspecified atom stereocenters. The molecule has 0 radical (unpaired) electrons. The first kappa shape index (κ1) is 18.4.